The van der Waals surface area contributed by atoms with Crippen LogP contribution in [0, 0.1) is 0 Å². The fourth-order valence-corrected chi connectivity index (χ4v) is 2.68. The molecule has 0 bridgehead atoms. The molecule has 0 aliphatic rings. The molecular weight excluding hydrogens is 308 g/mol. The molecule has 22 heavy (non-hydrogen) atoms. The van der Waals surface area contributed by atoms with Crippen molar-refractivity contribution in [3.05, 3.63) is 26.7 Å². The number of carbonyl (C=O) groups is 1. The molecule has 0 aromatic carbocycles. The summed E-state index contributed by atoms with van der Waals surface area (Å²) in [7, 11) is 2.89. The number of nitrogens with zero attached hydrogens (tertiary/aromatic N) is 4. The quantitative estimate of drug-likeness (QED) is 0.638. The first-order valence-corrected chi connectivity index (χ1v) is 7.54. The maximum Gasteiger partial charge on any atom is 0.332 e. The van der Waals surface area contributed by atoms with Crippen molar-refractivity contribution in [1.29, 1.82) is 0 Å². The van der Waals surface area contributed by atoms with Crippen LogP contribution in [0.4, 0.5) is 0 Å². The molecule has 0 aliphatic carbocycles. The van der Waals surface area contributed by atoms with Gasteiger partial charge in [-0.25, -0.2) is 14.8 Å². The van der Waals surface area contributed by atoms with Gasteiger partial charge < -0.3 is 5.11 Å². The lowest BCUT2D eigenvalue weighted by atomic mass is 10.2. The van der Waals surface area contributed by atoms with Crippen LogP contribution < -0.4 is 11.2 Å². The van der Waals surface area contributed by atoms with Crippen molar-refractivity contribution >= 4 is 28.8 Å². The van der Waals surface area contributed by atoms with Crippen LogP contribution in [0.25, 0.3) is 11.0 Å². The summed E-state index contributed by atoms with van der Waals surface area (Å²) in [5.74, 6) is -0.795. The minimum atomic E-state index is -1.01. The van der Waals surface area contributed by atoms with Crippen LogP contribution in [-0.4, -0.2) is 35.9 Å². The normalized spacial score (nSPS) is 11.3. The van der Waals surface area contributed by atoms with Crippen LogP contribution >= 0.6 is 11.8 Å². The summed E-state index contributed by atoms with van der Waals surface area (Å²) >= 11 is 0.948. The SMILES string of the molecule is CC(C)c1nc(SCC(=O)O)c2c(=O)n(C)c(=O)n(C)c2n1. The van der Waals surface area contributed by atoms with Crippen molar-refractivity contribution in [2.45, 2.75) is 24.8 Å². The first-order valence-electron chi connectivity index (χ1n) is 6.56. The monoisotopic (exact) mass is 324 g/mol. The van der Waals surface area contributed by atoms with Crippen molar-refractivity contribution in [3.63, 3.8) is 0 Å². The summed E-state index contributed by atoms with van der Waals surface area (Å²) in [5, 5.41) is 9.30. The van der Waals surface area contributed by atoms with Gasteiger partial charge in [0.1, 0.15) is 16.2 Å². The van der Waals surface area contributed by atoms with Gasteiger partial charge in [-0.3, -0.25) is 18.7 Å². The molecule has 2 aromatic rings. The van der Waals surface area contributed by atoms with E-state index in [0.717, 1.165) is 16.3 Å². The third-order valence-electron chi connectivity index (χ3n) is 3.13. The van der Waals surface area contributed by atoms with Crippen LogP contribution in [0.1, 0.15) is 25.6 Å². The predicted octanol–water partition coefficient (Wildman–Crippen LogP) is 0.327. The van der Waals surface area contributed by atoms with Crippen molar-refractivity contribution in [3.8, 4) is 0 Å². The molecule has 0 fully saturated rings. The van der Waals surface area contributed by atoms with E-state index in [4.69, 9.17) is 5.11 Å². The summed E-state index contributed by atoms with van der Waals surface area (Å²) in [6, 6.07) is 0. The number of thioether (sulfide) groups is 1. The molecule has 0 radical (unpaired) electrons. The zero-order valence-corrected chi connectivity index (χ0v) is 13.5. The Bertz CT molecular complexity index is 869. The molecule has 1 N–H and O–H groups in total. The molecular formula is C13H16N4O4S. The average Bonchev–Trinajstić information content (AvgIpc) is 2.47. The first kappa shape index (κ1) is 16.2. The molecule has 8 nitrogen and oxygen atoms in total. The number of aromatic nitrogens is 4. The third-order valence-corrected chi connectivity index (χ3v) is 4.09. The molecule has 0 saturated heterocycles. The van der Waals surface area contributed by atoms with E-state index in [2.05, 4.69) is 9.97 Å². The number of carboxylic acid groups (broad SMARTS) is 1. The topological polar surface area (TPSA) is 107 Å². The maximum absolute atomic E-state index is 12.4. The number of aryl methyl sites for hydroxylation is 1. The average molecular weight is 324 g/mol. The highest BCUT2D eigenvalue weighted by molar-refractivity contribution is 8.00. The Labute approximate surface area is 129 Å². The minimum absolute atomic E-state index is 0.0206. The van der Waals surface area contributed by atoms with Crippen LogP contribution in [0.2, 0.25) is 0 Å². The Morgan fingerprint density at radius 1 is 1.23 bits per heavy atom. The largest absolute Gasteiger partial charge is 0.481 e. The second kappa shape index (κ2) is 5.91. The van der Waals surface area contributed by atoms with Gasteiger partial charge in [0.2, 0.25) is 0 Å². The van der Waals surface area contributed by atoms with Crippen LogP contribution in [0.15, 0.2) is 14.6 Å². The molecule has 0 atom stereocenters. The standard InChI is InChI=1S/C13H16N4O4S/c1-6(2)9-14-10-8(11(15-9)22-5-7(18)19)12(20)17(4)13(21)16(10)3/h6H,5H2,1-4H3,(H,18,19). The fourth-order valence-electron chi connectivity index (χ4n) is 1.94. The lowest BCUT2D eigenvalue weighted by Crippen LogP contribution is -2.38. The van der Waals surface area contributed by atoms with Gasteiger partial charge in [-0.15, -0.1) is 0 Å². The van der Waals surface area contributed by atoms with Crippen molar-refractivity contribution in [1.82, 2.24) is 19.1 Å². The highest BCUT2D eigenvalue weighted by Gasteiger charge is 2.19. The number of hydrogen-bond acceptors (Lipinski definition) is 6. The number of rotatable bonds is 4. The van der Waals surface area contributed by atoms with Gasteiger partial charge in [0.25, 0.3) is 5.56 Å². The van der Waals surface area contributed by atoms with E-state index < -0.39 is 17.2 Å². The Balaban J connectivity index is 2.88. The molecule has 118 valence electrons. The van der Waals surface area contributed by atoms with Gasteiger partial charge in [-0.1, -0.05) is 25.6 Å². The van der Waals surface area contributed by atoms with Crippen molar-refractivity contribution in [2.75, 3.05) is 5.75 Å². The Kier molecular flexibility index (Phi) is 4.36. The number of aliphatic carboxylic acids is 1. The Morgan fingerprint density at radius 2 is 1.86 bits per heavy atom. The van der Waals surface area contributed by atoms with Crippen LogP contribution in [0.3, 0.4) is 0 Å². The molecule has 2 aromatic heterocycles. The smallest absolute Gasteiger partial charge is 0.332 e. The Hall–Kier alpha value is -2.16. The molecule has 0 amide bonds. The maximum atomic E-state index is 12.4. The molecule has 9 heteroatoms. The van der Waals surface area contributed by atoms with Crippen LogP contribution in [0.5, 0.6) is 0 Å². The highest BCUT2D eigenvalue weighted by atomic mass is 32.2. The first-order chi connectivity index (χ1) is 10.2. The van der Waals surface area contributed by atoms with E-state index in [0.29, 0.717) is 5.82 Å². The minimum Gasteiger partial charge on any atom is -0.481 e. The molecule has 0 unspecified atom stereocenters. The predicted molar refractivity (Wildman–Crippen MR) is 82.5 cm³/mol. The zero-order valence-electron chi connectivity index (χ0n) is 12.7. The molecule has 2 heterocycles. The molecule has 0 aliphatic heterocycles. The highest BCUT2D eigenvalue weighted by Crippen LogP contribution is 2.24. The summed E-state index contributed by atoms with van der Waals surface area (Å²) in [6.07, 6.45) is 0. The van der Waals surface area contributed by atoms with E-state index in [1.807, 2.05) is 13.8 Å². The lowest BCUT2D eigenvalue weighted by molar-refractivity contribution is -0.133. The van der Waals surface area contributed by atoms with E-state index >= 15 is 0 Å². The fraction of sp³-hybridized carbons (Fsp3) is 0.462. The molecule has 0 saturated carbocycles. The second-order valence-corrected chi connectivity index (χ2v) is 6.09. The number of fused-ring (bicyclic) bond motifs is 1. The van der Waals surface area contributed by atoms with Gasteiger partial charge in [0, 0.05) is 20.0 Å². The molecule has 0 spiro atoms. The summed E-state index contributed by atoms with van der Waals surface area (Å²) < 4.78 is 2.24. The summed E-state index contributed by atoms with van der Waals surface area (Å²) in [4.78, 5) is 43.8. The summed E-state index contributed by atoms with van der Waals surface area (Å²) in [5.41, 5.74) is -0.791. The van der Waals surface area contributed by atoms with E-state index in [1.165, 1.54) is 18.7 Å². The second-order valence-electron chi connectivity index (χ2n) is 5.13. The van der Waals surface area contributed by atoms with Crippen molar-refractivity contribution < 1.29 is 9.90 Å². The van der Waals surface area contributed by atoms with Gasteiger partial charge in [-0.2, -0.15) is 0 Å². The van der Waals surface area contributed by atoms with E-state index in [1.54, 1.807) is 0 Å². The zero-order chi connectivity index (χ0) is 16.6. The van der Waals surface area contributed by atoms with Crippen LogP contribution in [-0.2, 0) is 18.9 Å². The summed E-state index contributed by atoms with van der Waals surface area (Å²) in [6.45, 7) is 3.76. The van der Waals surface area contributed by atoms with Crippen molar-refractivity contribution in [2.24, 2.45) is 14.1 Å². The molecule has 2 rings (SSSR count). The van der Waals surface area contributed by atoms with Gasteiger partial charge in [0.05, 0.1) is 5.75 Å². The third kappa shape index (κ3) is 2.76. The van der Waals surface area contributed by atoms with E-state index in [-0.39, 0.29) is 27.7 Å². The lowest BCUT2D eigenvalue weighted by Gasteiger charge is -2.12. The Morgan fingerprint density at radius 3 is 2.41 bits per heavy atom. The number of hydrogen-bond donors (Lipinski definition) is 1. The van der Waals surface area contributed by atoms with E-state index in [9.17, 15) is 14.4 Å². The van der Waals surface area contributed by atoms with Gasteiger partial charge in [-0.05, 0) is 0 Å². The van der Waals surface area contributed by atoms with Gasteiger partial charge >= 0.3 is 11.7 Å². The van der Waals surface area contributed by atoms with Gasteiger partial charge in [0.15, 0.2) is 5.65 Å². The number of carboxylic acids is 1.